The highest BCUT2D eigenvalue weighted by molar-refractivity contribution is 5.15. The standard InChI is InChI=1S/C14H24N4/c1-2-17-8-5-11(6-9-17)14-16-10-13-12(15)4-3-7-18(13)14/h10-12H,2-9,15H2,1H3. The maximum atomic E-state index is 6.16. The van der Waals surface area contributed by atoms with Gasteiger partial charge in [0.2, 0.25) is 0 Å². The van der Waals surface area contributed by atoms with Crippen LogP contribution >= 0.6 is 0 Å². The van der Waals surface area contributed by atoms with Gasteiger partial charge in [0.1, 0.15) is 5.82 Å². The van der Waals surface area contributed by atoms with Crippen LogP contribution in [0.25, 0.3) is 0 Å². The van der Waals surface area contributed by atoms with E-state index >= 15 is 0 Å². The van der Waals surface area contributed by atoms with Crippen LogP contribution in [-0.4, -0.2) is 34.1 Å². The van der Waals surface area contributed by atoms with Crippen LogP contribution in [0.1, 0.15) is 56.1 Å². The third kappa shape index (κ3) is 2.08. The van der Waals surface area contributed by atoms with E-state index in [1.807, 2.05) is 6.20 Å². The molecule has 2 aliphatic rings. The van der Waals surface area contributed by atoms with Gasteiger partial charge in [0.15, 0.2) is 0 Å². The summed E-state index contributed by atoms with van der Waals surface area (Å²) in [5.74, 6) is 1.95. The molecule has 0 amide bonds. The van der Waals surface area contributed by atoms with Crippen LogP contribution in [0.15, 0.2) is 6.20 Å². The Hall–Kier alpha value is -0.870. The van der Waals surface area contributed by atoms with Crippen LogP contribution in [0, 0.1) is 0 Å². The van der Waals surface area contributed by atoms with Crippen LogP contribution < -0.4 is 5.73 Å². The molecule has 1 aromatic heterocycles. The molecule has 1 saturated heterocycles. The lowest BCUT2D eigenvalue weighted by Gasteiger charge is -2.32. The summed E-state index contributed by atoms with van der Waals surface area (Å²) in [6, 6.07) is 0.204. The number of hydrogen-bond donors (Lipinski definition) is 1. The molecule has 18 heavy (non-hydrogen) atoms. The molecule has 0 spiro atoms. The van der Waals surface area contributed by atoms with Gasteiger partial charge in [0, 0.05) is 18.5 Å². The summed E-state index contributed by atoms with van der Waals surface area (Å²) in [6.45, 7) is 6.98. The minimum atomic E-state index is 0.204. The summed E-state index contributed by atoms with van der Waals surface area (Å²) in [5.41, 5.74) is 7.42. The van der Waals surface area contributed by atoms with Crippen LogP contribution in [0.4, 0.5) is 0 Å². The molecule has 0 saturated carbocycles. The molecule has 3 heterocycles. The fourth-order valence-electron chi connectivity index (χ4n) is 3.39. The zero-order valence-electron chi connectivity index (χ0n) is 11.3. The summed E-state index contributed by atoms with van der Waals surface area (Å²) in [7, 11) is 0. The average Bonchev–Trinajstić information content (AvgIpc) is 2.84. The minimum absolute atomic E-state index is 0.204. The van der Waals surface area contributed by atoms with E-state index in [1.165, 1.54) is 50.4 Å². The molecule has 1 aromatic rings. The number of hydrogen-bond acceptors (Lipinski definition) is 3. The van der Waals surface area contributed by atoms with Gasteiger partial charge in [-0.05, 0) is 45.3 Å². The summed E-state index contributed by atoms with van der Waals surface area (Å²) in [6.07, 6.45) is 6.83. The van der Waals surface area contributed by atoms with Gasteiger partial charge in [-0.25, -0.2) is 4.98 Å². The molecule has 4 nitrogen and oxygen atoms in total. The second-order valence-corrected chi connectivity index (χ2v) is 5.65. The van der Waals surface area contributed by atoms with Crippen molar-refractivity contribution in [3.8, 4) is 0 Å². The lowest BCUT2D eigenvalue weighted by atomic mass is 9.95. The van der Waals surface area contributed by atoms with Gasteiger partial charge in [-0.15, -0.1) is 0 Å². The fraction of sp³-hybridized carbons (Fsp3) is 0.786. The molecule has 3 rings (SSSR count). The number of piperidine rings is 1. The lowest BCUT2D eigenvalue weighted by molar-refractivity contribution is 0.216. The number of aromatic nitrogens is 2. The highest BCUT2D eigenvalue weighted by Gasteiger charge is 2.27. The van der Waals surface area contributed by atoms with Gasteiger partial charge < -0.3 is 15.2 Å². The Morgan fingerprint density at radius 3 is 2.78 bits per heavy atom. The Labute approximate surface area is 109 Å². The third-order valence-electron chi connectivity index (χ3n) is 4.59. The Morgan fingerprint density at radius 1 is 1.28 bits per heavy atom. The van der Waals surface area contributed by atoms with Crippen LogP contribution in [-0.2, 0) is 6.54 Å². The Balaban J connectivity index is 1.77. The van der Waals surface area contributed by atoms with Gasteiger partial charge in [0.25, 0.3) is 0 Å². The molecule has 1 unspecified atom stereocenters. The fourth-order valence-corrected chi connectivity index (χ4v) is 3.39. The van der Waals surface area contributed by atoms with E-state index in [2.05, 4.69) is 21.4 Å². The molecule has 1 atom stereocenters. The van der Waals surface area contributed by atoms with Gasteiger partial charge in [-0.1, -0.05) is 6.92 Å². The topological polar surface area (TPSA) is 47.1 Å². The number of likely N-dealkylation sites (tertiary alicyclic amines) is 1. The highest BCUT2D eigenvalue weighted by Crippen LogP contribution is 2.32. The maximum Gasteiger partial charge on any atom is 0.112 e. The Morgan fingerprint density at radius 2 is 2.06 bits per heavy atom. The van der Waals surface area contributed by atoms with Gasteiger partial charge in [-0.2, -0.15) is 0 Å². The number of imidazole rings is 1. The van der Waals surface area contributed by atoms with E-state index < -0.39 is 0 Å². The van der Waals surface area contributed by atoms with Crippen molar-refractivity contribution in [2.75, 3.05) is 19.6 Å². The predicted molar refractivity (Wildman–Crippen MR) is 72.5 cm³/mol. The van der Waals surface area contributed by atoms with Gasteiger partial charge in [0.05, 0.1) is 11.9 Å². The zero-order valence-corrected chi connectivity index (χ0v) is 11.3. The average molecular weight is 248 g/mol. The van der Waals surface area contributed by atoms with Crippen molar-refractivity contribution in [1.82, 2.24) is 14.5 Å². The van der Waals surface area contributed by atoms with E-state index in [1.54, 1.807) is 0 Å². The first kappa shape index (κ1) is 12.2. The summed E-state index contributed by atoms with van der Waals surface area (Å²) in [5, 5.41) is 0. The zero-order chi connectivity index (χ0) is 12.5. The molecule has 0 bridgehead atoms. The van der Waals surface area contributed by atoms with Crippen molar-refractivity contribution in [2.45, 2.75) is 51.1 Å². The molecule has 4 heteroatoms. The smallest absolute Gasteiger partial charge is 0.112 e. The predicted octanol–water partition coefficient (Wildman–Crippen LogP) is 1.88. The molecular weight excluding hydrogens is 224 g/mol. The van der Waals surface area contributed by atoms with Crippen LogP contribution in [0.3, 0.4) is 0 Å². The Bertz CT molecular complexity index is 404. The molecule has 2 N–H and O–H groups in total. The molecule has 0 aliphatic carbocycles. The molecule has 1 fully saturated rings. The van der Waals surface area contributed by atoms with E-state index in [0.29, 0.717) is 5.92 Å². The summed E-state index contributed by atoms with van der Waals surface area (Å²) < 4.78 is 2.40. The van der Waals surface area contributed by atoms with E-state index in [9.17, 15) is 0 Å². The molecule has 0 radical (unpaired) electrons. The van der Waals surface area contributed by atoms with Crippen LogP contribution in [0.5, 0.6) is 0 Å². The van der Waals surface area contributed by atoms with Crippen molar-refractivity contribution >= 4 is 0 Å². The molecular formula is C14H24N4. The quantitative estimate of drug-likeness (QED) is 0.869. The van der Waals surface area contributed by atoms with Crippen molar-refractivity contribution in [3.05, 3.63) is 17.7 Å². The maximum absolute atomic E-state index is 6.16. The summed E-state index contributed by atoms with van der Waals surface area (Å²) in [4.78, 5) is 7.22. The van der Waals surface area contributed by atoms with E-state index in [-0.39, 0.29) is 6.04 Å². The van der Waals surface area contributed by atoms with Crippen molar-refractivity contribution in [2.24, 2.45) is 5.73 Å². The second kappa shape index (κ2) is 5.02. The van der Waals surface area contributed by atoms with Crippen molar-refractivity contribution in [1.29, 1.82) is 0 Å². The largest absolute Gasteiger partial charge is 0.330 e. The van der Waals surface area contributed by atoms with Crippen molar-refractivity contribution < 1.29 is 0 Å². The van der Waals surface area contributed by atoms with Crippen molar-refractivity contribution in [3.63, 3.8) is 0 Å². The van der Waals surface area contributed by atoms with E-state index in [4.69, 9.17) is 5.73 Å². The normalized spacial score (nSPS) is 26.2. The molecule has 2 aliphatic heterocycles. The first-order valence-corrected chi connectivity index (χ1v) is 7.33. The number of fused-ring (bicyclic) bond motifs is 1. The van der Waals surface area contributed by atoms with E-state index in [0.717, 1.165) is 13.0 Å². The SMILES string of the molecule is CCN1CCC(c2ncc3n2CCCC3N)CC1. The molecule has 100 valence electrons. The summed E-state index contributed by atoms with van der Waals surface area (Å²) >= 11 is 0. The van der Waals surface area contributed by atoms with Crippen LogP contribution in [0.2, 0.25) is 0 Å². The third-order valence-corrected chi connectivity index (χ3v) is 4.59. The monoisotopic (exact) mass is 248 g/mol. The first-order valence-electron chi connectivity index (χ1n) is 7.33. The minimum Gasteiger partial charge on any atom is -0.330 e. The first-order chi connectivity index (χ1) is 8.79. The molecule has 0 aromatic carbocycles. The van der Waals surface area contributed by atoms with Gasteiger partial charge in [-0.3, -0.25) is 0 Å². The highest BCUT2D eigenvalue weighted by atomic mass is 15.1. The number of nitrogens with two attached hydrogens (primary N) is 1. The number of rotatable bonds is 2. The second-order valence-electron chi connectivity index (χ2n) is 5.65. The lowest BCUT2D eigenvalue weighted by Crippen LogP contribution is -2.34. The Kier molecular flexibility index (Phi) is 3.39. The van der Waals surface area contributed by atoms with Gasteiger partial charge >= 0.3 is 0 Å². The number of nitrogens with zero attached hydrogens (tertiary/aromatic N) is 3.